The summed E-state index contributed by atoms with van der Waals surface area (Å²) in [7, 11) is 0. The van der Waals surface area contributed by atoms with Crippen molar-refractivity contribution in [3.8, 4) is 0 Å². The number of aromatic nitrogens is 4. The topological polar surface area (TPSA) is 177 Å². The molecular formula is C15H24ClN5O6. The van der Waals surface area contributed by atoms with Crippen molar-refractivity contribution < 1.29 is 30.6 Å². The summed E-state index contributed by atoms with van der Waals surface area (Å²) in [6.07, 6.45) is 0.768. The van der Waals surface area contributed by atoms with E-state index in [1.807, 2.05) is 0 Å². The number of nitrogens with zero attached hydrogens (tertiary/aromatic N) is 4. The molecule has 0 aromatic carbocycles. The summed E-state index contributed by atoms with van der Waals surface area (Å²) in [6, 6.07) is -0.0860. The first-order chi connectivity index (χ1) is 12.1. The highest BCUT2D eigenvalue weighted by molar-refractivity contribution is 5.85. The average Bonchev–Trinajstić information content (AvgIpc) is 3.29. The molecule has 2 aliphatic rings. The van der Waals surface area contributed by atoms with Crippen LogP contribution in [0, 0.1) is 0 Å². The van der Waals surface area contributed by atoms with Crippen LogP contribution >= 0.6 is 12.4 Å². The minimum Gasteiger partial charge on any atom is -0.412 e. The number of hydrogen-bond acceptors (Lipinski definition) is 9. The van der Waals surface area contributed by atoms with Crippen molar-refractivity contribution in [1.82, 2.24) is 19.5 Å². The third-order valence-corrected chi connectivity index (χ3v) is 4.95. The summed E-state index contributed by atoms with van der Waals surface area (Å²) >= 11 is 0. The van der Waals surface area contributed by atoms with Crippen LogP contribution in [-0.2, 0) is 4.74 Å². The van der Waals surface area contributed by atoms with Gasteiger partial charge in [0.15, 0.2) is 23.2 Å². The summed E-state index contributed by atoms with van der Waals surface area (Å²) in [6.45, 7) is -0.400. The first kappa shape index (κ1) is 21.7. The molecule has 2 fully saturated rings. The van der Waals surface area contributed by atoms with Crippen molar-refractivity contribution in [1.29, 1.82) is 0 Å². The highest BCUT2D eigenvalue weighted by Crippen LogP contribution is 2.32. The van der Waals surface area contributed by atoms with E-state index < -0.39 is 37.3 Å². The third-order valence-electron chi connectivity index (χ3n) is 4.95. The molecule has 12 heteroatoms. The SMILES string of the molecule is Cl.O.OC[C@H]1O[C@@H](n2cnc3c(N[C@H]4CCC[C@@H]4O)ncnc32)[C@@H](O)C1O. The van der Waals surface area contributed by atoms with Crippen LogP contribution in [0.5, 0.6) is 0 Å². The predicted octanol–water partition coefficient (Wildman–Crippen LogP) is -1.64. The van der Waals surface area contributed by atoms with Gasteiger partial charge < -0.3 is 36.0 Å². The maximum atomic E-state index is 10.2. The van der Waals surface area contributed by atoms with Crippen molar-refractivity contribution >= 4 is 29.4 Å². The van der Waals surface area contributed by atoms with Gasteiger partial charge in [0.25, 0.3) is 0 Å². The molecule has 0 bridgehead atoms. The van der Waals surface area contributed by atoms with Crippen molar-refractivity contribution in [2.24, 2.45) is 0 Å². The smallest absolute Gasteiger partial charge is 0.167 e. The zero-order valence-electron chi connectivity index (χ0n) is 14.3. The lowest BCUT2D eigenvalue weighted by Gasteiger charge is -2.18. The van der Waals surface area contributed by atoms with E-state index in [1.165, 1.54) is 17.2 Å². The van der Waals surface area contributed by atoms with Crippen molar-refractivity contribution in [3.63, 3.8) is 0 Å². The van der Waals surface area contributed by atoms with Gasteiger partial charge in [0.05, 0.1) is 25.1 Å². The summed E-state index contributed by atoms with van der Waals surface area (Å²) in [4.78, 5) is 12.7. The number of rotatable bonds is 4. The van der Waals surface area contributed by atoms with Crippen LogP contribution in [0.15, 0.2) is 12.7 Å². The zero-order chi connectivity index (χ0) is 17.6. The van der Waals surface area contributed by atoms with Gasteiger partial charge in [0, 0.05) is 0 Å². The molecule has 1 unspecified atom stereocenters. The lowest BCUT2D eigenvalue weighted by molar-refractivity contribution is -0.0511. The van der Waals surface area contributed by atoms with E-state index in [0.29, 0.717) is 17.0 Å². The molecule has 0 radical (unpaired) electrons. The fraction of sp³-hybridized carbons (Fsp3) is 0.667. The van der Waals surface area contributed by atoms with Crippen LogP contribution in [0.3, 0.4) is 0 Å². The molecule has 7 N–H and O–H groups in total. The number of aliphatic hydroxyl groups excluding tert-OH is 4. The standard InChI is InChI=1S/C15H21N5O5.ClH.H2O/c21-4-9-11(23)12(24)15(25-9)20-6-18-10-13(16-5-17-14(10)20)19-7-2-1-3-8(7)22;;/h5-9,11-12,15,21-24H,1-4H2,(H,16,17,19);1H;1H2/t7-,8-,9+,11?,12-,15+;;/m0../s1. The summed E-state index contributed by atoms with van der Waals surface area (Å²) in [5.41, 5.74) is 0.916. The molecule has 11 nitrogen and oxygen atoms in total. The Bertz CT molecular complexity index is 763. The van der Waals surface area contributed by atoms with E-state index in [1.54, 1.807) is 0 Å². The average molecular weight is 406 g/mol. The zero-order valence-corrected chi connectivity index (χ0v) is 15.2. The molecule has 2 aromatic rings. The van der Waals surface area contributed by atoms with Crippen molar-refractivity contribution in [3.05, 3.63) is 12.7 Å². The van der Waals surface area contributed by atoms with E-state index in [0.717, 1.165) is 19.3 Å². The molecule has 3 heterocycles. The van der Waals surface area contributed by atoms with Gasteiger partial charge in [-0.15, -0.1) is 12.4 Å². The van der Waals surface area contributed by atoms with E-state index in [9.17, 15) is 20.4 Å². The summed E-state index contributed by atoms with van der Waals surface area (Å²) < 4.78 is 7.04. The van der Waals surface area contributed by atoms with Gasteiger partial charge in [0.2, 0.25) is 0 Å². The second kappa shape index (κ2) is 8.61. The minimum absolute atomic E-state index is 0. The number of imidazole rings is 1. The molecule has 1 saturated heterocycles. The normalized spacial score (nSPS) is 32.9. The van der Waals surface area contributed by atoms with Gasteiger partial charge in [-0.25, -0.2) is 15.0 Å². The minimum atomic E-state index is -1.21. The Balaban J connectivity index is 0.00000131. The predicted molar refractivity (Wildman–Crippen MR) is 96.5 cm³/mol. The van der Waals surface area contributed by atoms with Crippen LogP contribution in [0.25, 0.3) is 11.2 Å². The van der Waals surface area contributed by atoms with Crippen molar-refractivity contribution in [2.75, 3.05) is 11.9 Å². The highest BCUT2D eigenvalue weighted by Gasteiger charge is 2.44. The van der Waals surface area contributed by atoms with E-state index in [4.69, 9.17) is 4.74 Å². The number of fused-ring (bicyclic) bond motifs is 1. The number of nitrogens with one attached hydrogen (secondary N) is 1. The molecule has 152 valence electrons. The number of anilines is 1. The Morgan fingerprint density at radius 2 is 1.93 bits per heavy atom. The Kier molecular flexibility index (Phi) is 6.92. The fourth-order valence-electron chi connectivity index (χ4n) is 3.54. The Hall–Kier alpha value is -1.60. The number of halogens is 1. The van der Waals surface area contributed by atoms with Gasteiger partial charge in [-0.05, 0) is 19.3 Å². The lowest BCUT2D eigenvalue weighted by Crippen LogP contribution is -2.33. The Morgan fingerprint density at radius 1 is 1.15 bits per heavy atom. The maximum Gasteiger partial charge on any atom is 0.167 e. The van der Waals surface area contributed by atoms with Gasteiger partial charge in [-0.1, -0.05) is 0 Å². The molecule has 6 atom stereocenters. The van der Waals surface area contributed by atoms with Crippen LogP contribution < -0.4 is 5.32 Å². The van der Waals surface area contributed by atoms with Crippen LogP contribution in [-0.4, -0.2) is 82.5 Å². The highest BCUT2D eigenvalue weighted by atomic mass is 35.5. The van der Waals surface area contributed by atoms with E-state index >= 15 is 0 Å². The molecule has 4 rings (SSSR count). The van der Waals surface area contributed by atoms with Crippen LogP contribution in [0.2, 0.25) is 0 Å². The summed E-state index contributed by atoms with van der Waals surface area (Å²) in [5.74, 6) is 0.501. The first-order valence-corrected chi connectivity index (χ1v) is 8.34. The van der Waals surface area contributed by atoms with Crippen LogP contribution in [0.1, 0.15) is 25.5 Å². The van der Waals surface area contributed by atoms with Gasteiger partial charge in [0.1, 0.15) is 24.6 Å². The molecular weight excluding hydrogens is 382 g/mol. The second-order valence-corrected chi connectivity index (χ2v) is 6.52. The molecule has 0 spiro atoms. The molecule has 1 saturated carbocycles. The molecule has 1 aliphatic heterocycles. The van der Waals surface area contributed by atoms with Gasteiger partial charge in [-0.3, -0.25) is 4.57 Å². The molecule has 27 heavy (non-hydrogen) atoms. The van der Waals surface area contributed by atoms with E-state index in [-0.39, 0.29) is 23.9 Å². The van der Waals surface area contributed by atoms with Crippen LogP contribution in [0.4, 0.5) is 5.82 Å². The first-order valence-electron chi connectivity index (χ1n) is 8.34. The van der Waals surface area contributed by atoms with Gasteiger partial charge in [-0.2, -0.15) is 0 Å². The number of aliphatic hydroxyl groups is 4. The molecule has 0 amide bonds. The Labute approximate surface area is 160 Å². The molecule has 1 aliphatic carbocycles. The second-order valence-electron chi connectivity index (χ2n) is 6.52. The summed E-state index contributed by atoms with van der Waals surface area (Å²) in [5, 5.41) is 42.6. The lowest BCUT2D eigenvalue weighted by atomic mass is 10.1. The monoisotopic (exact) mass is 405 g/mol. The Morgan fingerprint density at radius 3 is 2.56 bits per heavy atom. The number of hydrogen-bond donors (Lipinski definition) is 5. The largest absolute Gasteiger partial charge is 0.412 e. The fourth-order valence-corrected chi connectivity index (χ4v) is 3.54. The number of ether oxygens (including phenoxy) is 1. The van der Waals surface area contributed by atoms with Gasteiger partial charge >= 0.3 is 0 Å². The van der Waals surface area contributed by atoms with E-state index in [2.05, 4.69) is 20.3 Å². The quantitative estimate of drug-likeness (QED) is 0.399. The third kappa shape index (κ3) is 3.72. The molecule has 2 aromatic heterocycles. The van der Waals surface area contributed by atoms with Crippen molar-refractivity contribution in [2.45, 2.75) is 55.9 Å². The maximum absolute atomic E-state index is 10.2.